The average molecular weight is 484 g/mol. The third-order valence-corrected chi connectivity index (χ3v) is 6.44. The first-order valence-corrected chi connectivity index (χ1v) is 10.6. The van der Waals surface area contributed by atoms with Crippen LogP contribution in [-0.4, -0.2) is 53.6 Å². The van der Waals surface area contributed by atoms with E-state index < -0.39 is 65.3 Å². The quantitative estimate of drug-likeness (QED) is 0.396. The number of hydrogen-bond donors (Lipinski definition) is 1. The third kappa shape index (κ3) is 4.45. The minimum atomic E-state index is -3.01. The van der Waals surface area contributed by atoms with Crippen molar-refractivity contribution >= 4 is 17.6 Å². The largest absolute Gasteiger partial charge is 0.336 e. The molecule has 182 valence electrons. The lowest BCUT2D eigenvalue weighted by Gasteiger charge is -2.47. The van der Waals surface area contributed by atoms with Crippen LogP contribution >= 0.6 is 0 Å². The monoisotopic (exact) mass is 484 g/mol. The molecule has 34 heavy (non-hydrogen) atoms. The lowest BCUT2D eigenvalue weighted by atomic mass is 9.71. The summed E-state index contributed by atoms with van der Waals surface area (Å²) in [5.41, 5.74) is -1.35. The van der Waals surface area contributed by atoms with Crippen LogP contribution in [0.2, 0.25) is 0 Å². The summed E-state index contributed by atoms with van der Waals surface area (Å²) in [4.78, 5) is 39.2. The predicted molar refractivity (Wildman–Crippen MR) is 107 cm³/mol. The zero-order valence-corrected chi connectivity index (χ0v) is 18.1. The molecule has 1 saturated heterocycles. The van der Waals surface area contributed by atoms with Crippen molar-refractivity contribution in [2.24, 2.45) is 22.1 Å². The maximum atomic E-state index is 13.6. The number of halogens is 5. The first-order valence-electron chi connectivity index (χ1n) is 10.6. The maximum Gasteiger partial charge on any atom is 0.311 e. The molecule has 2 atom stereocenters. The number of Topliss-reactive ketones (excluding diaryl/α,β-unsaturated/α-hetero) is 1. The second-order valence-corrected chi connectivity index (χ2v) is 9.07. The molecule has 0 spiro atoms. The Hall–Kier alpha value is -3.18. The van der Waals surface area contributed by atoms with Gasteiger partial charge in [0.05, 0.1) is 17.8 Å². The van der Waals surface area contributed by atoms with Gasteiger partial charge in [-0.3, -0.25) is 14.4 Å². The number of alkyl halides is 2. The number of nitrogens with one attached hydrogen (secondary N) is 1. The van der Waals surface area contributed by atoms with Crippen LogP contribution in [0.15, 0.2) is 34.1 Å². The zero-order chi connectivity index (χ0) is 24.8. The van der Waals surface area contributed by atoms with E-state index in [-0.39, 0.29) is 43.2 Å². The molecule has 1 saturated carbocycles. The summed E-state index contributed by atoms with van der Waals surface area (Å²) in [7, 11) is 0. The van der Waals surface area contributed by atoms with Gasteiger partial charge in [0.2, 0.25) is 0 Å². The van der Waals surface area contributed by atoms with Gasteiger partial charge in [-0.25, -0.2) is 22.0 Å². The number of amides is 2. The van der Waals surface area contributed by atoms with E-state index in [0.717, 1.165) is 17.0 Å². The fourth-order valence-corrected chi connectivity index (χ4v) is 4.75. The number of ketones is 1. The number of hydrogen-bond acceptors (Lipinski definition) is 5. The summed E-state index contributed by atoms with van der Waals surface area (Å²) >= 11 is 0. The Labute approximate surface area is 191 Å². The van der Waals surface area contributed by atoms with Crippen molar-refractivity contribution in [2.75, 3.05) is 19.6 Å². The Morgan fingerprint density at radius 1 is 1.12 bits per heavy atom. The zero-order valence-electron chi connectivity index (χ0n) is 18.1. The molecule has 0 bridgehead atoms. The fraction of sp³-hybridized carbons (Fsp3) is 0.500. The summed E-state index contributed by atoms with van der Waals surface area (Å²) in [5.74, 6) is -11.1. The molecule has 7 nitrogen and oxygen atoms in total. The van der Waals surface area contributed by atoms with Crippen LogP contribution in [0.3, 0.4) is 0 Å². The van der Waals surface area contributed by atoms with E-state index in [1.807, 2.05) is 0 Å². The molecular formula is C22H21F5N4O3. The second-order valence-electron chi connectivity index (χ2n) is 9.07. The van der Waals surface area contributed by atoms with Crippen molar-refractivity contribution in [2.45, 2.75) is 37.6 Å². The number of carbonyl (C=O) groups is 3. The highest BCUT2D eigenvalue weighted by Crippen LogP contribution is 2.50. The molecule has 4 rings (SSSR count). The molecule has 12 heteroatoms. The van der Waals surface area contributed by atoms with Crippen molar-refractivity contribution in [3.63, 3.8) is 0 Å². The SMILES string of the molecule is C[C@@H]1CN(C(=O)C(=O)NC2(C3=CCN=N3)CC(F)(F)C2)C[C@H]1C(=O)Cc1cc(F)c(F)c(F)c1. The van der Waals surface area contributed by atoms with Crippen molar-refractivity contribution in [1.82, 2.24) is 10.2 Å². The van der Waals surface area contributed by atoms with Gasteiger partial charge >= 0.3 is 11.8 Å². The highest BCUT2D eigenvalue weighted by molar-refractivity contribution is 6.35. The lowest BCUT2D eigenvalue weighted by molar-refractivity contribution is -0.153. The number of carbonyl (C=O) groups excluding carboxylic acids is 3. The van der Waals surface area contributed by atoms with Gasteiger partial charge < -0.3 is 10.2 Å². The minimum absolute atomic E-state index is 0.0528. The van der Waals surface area contributed by atoms with Gasteiger partial charge in [0.25, 0.3) is 5.92 Å². The molecule has 1 aliphatic carbocycles. The van der Waals surface area contributed by atoms with Gasteiger partial charge in [-0.15, -0.1) is 0 Å². The smallest absolute Gasteiger partial charge is 0.311 e. The summed E-state index contributed by atoms with van der Waals surface area (Å²) in [6.07, 6.45) is -0.277. The van der Waals surface area contributed by atoms with Crippen LogP contribution in [0, 0.1) is 29.3 Å². The molecular weight excluding hydrogens is 463 g/mol. The van der Waals surface area contributed by atoms with Crippen LogP contribution in [0.4, 0.5) is 22.0 Å². The summed E-state index contributed by atoms with van der Waals surface area (Å²) < 4.78 is 67.3. The molecule has 0 unspecified atom stereocenters. The third-order valence-electron chi connectivity index (χ3n) is 6.44. The van der Waals surface area contributed by atoms with E-state index in [1.165, 1.54) is 6.08 Å². The topological polar surface area (TPSA) is 91.2 Å². The summed E-state index contributed by atoms with van der Waals surface area (Å²) in [6.45, 7) is 1.81. The van der Waals surface area contributed by atoms with E-state index in [9.17, 15) is 36.3 Å². The molecule has 0 aromatic heterocycles. The van der Waals surface area contributed by atoms with Crippen LogP contribution in [-0.2, 0) is 20.8 Å². The van der Waals surface area contributed by atoms with Gasteiger partial charge in [0.15, 0.2) is 17.5 Å². The normalized spacial score (nSPS) is 24.5. The average Bonchev–Trinajstić information content (AvgIpc) is 3.40. The van der Waals surface area contributed by atoms with E-state index in [0.29, 0.717) is 0 Å². The Kier molecular flexibility index (Phi) is 6.03. The summed E-state index contributed by atoms with van der Waals surface area (Å²) in [5, 5.41) is 9.90. The highest BCUT2D eigenvalue weighted by Gasteiger charge is 2.60. The van der Waals surface area contributed by atoms with Crippen LogP contribution in [0.1, 0.15) is 25.3 Å². The van der Waals surface area contributed by atoms with Gasteiger partial charge in [0.1, 0.15) is 5.78 Å². The number of benzene rings is 1. The van der Waals surface area contributed by atoms with Gasteiger partial charge in [-0.1, -0.05) is 6.92 Å². The first kappa shape index (κ1) is 24.0. The van der Waals surface area contributed by atoms with Crippen molar-refractivity contribution < 1.29 is 36.3 Å². The van der Waals surface area contributed by atoms with Crippen molar-refractivity contribution in [1.29, 1.82) is 0 Å². The maximum absolute atomic E-state index is 13.6. The number of nitrogens with zero attached hydrogens (tertiary/aromatic N) is 3. The molecule has 0 radical (unpaired) electrons. The lowest BCUT2D eigenvalue weighted by Crippen LogP contribution is -2.64. The van der Waals surface area contributed by atoms with Gasteiger partial charge in [-0.2, -0.15) is 10.2 Å². The second kappa shape index (κ2) is 8.55. The number of rotatable bonds is 5. The molecule has 2 fully saturated rings. The Bertz CT molecular complexity index is 1090. The van der Waals surface area contributed by atoms with Crippen LogP contribution in [0.5, 0.6) is 0 Å². The van der Waals surface area contributed by atoms with Crippen LogP contribution < -0.4 is 5.32 Å². The van der Waals surface area contributed by atoms with E-state index in [4.69, 9.17) is 0 Å². The fourth-order valence-electron chi connectivity index (χ4n) is 4.75. The molecule has 2 aliphatic heterocycles. The van der Waals surface area contributed by atoms with Crippen molar-refractivity contribution in [3.05, 3.63) is 46.9 Å². The Balaban J connectivity index is 1.40. The summed E-state index contributed by atoms with van der Waals surface area (Å²) in [6, 6.07) is 1.46. The highest BCUT2D eigenvalue weighted by atomic mass is 19.3. The van der Waals surface area contributed by atoms with E-state index in [1.54, 1.807) is 6.92 Å². The Morgan fingerprint density at radius 2 is 1.76 bits per heavy atom. The molecule has 1 aromatic carbocycles. The number of azo groups is 1. The minimum Gasteiger partial charge on any atom is -0.336 e. The molecule has 2 amide bonds. The van der Waals surface area contributed by atoms with E-state index in [2.05, 4.69) is 15.5 Å². The van der Waals surface area contributed by atoms with Crippen LogP contribution in [0.25, 0.3) is 0 Å². The molecule has 3 aliphatic rings. The Morgan fingerprint density at radius 3 is 2.32 bits per heavy atom. The van der Waals surface area contributed by atoms with Gasteiger partial charge in [0, 0.05) is 38.3 Å². The predicted octanol–water partition coefficient (Wildman–Crippen LogP) is 2.94. The first-order chi connectivity index (χ1) is 15.9. The van der Waals surface area contributed by atoms with Gasteiger partial charge in [-0.05, 0) is 29.7 Å². The molecule has 2 heterocycles. The molecule has 1 aromatic rings. The van der Waals surface area contributed by atoms with E-state index >= 15 is 0 Å². The molecule has 1 N–H and O–H groups in total. The van der Waals surface area contributed by atoms with Crippen molar-refractivity contribution in [3.8, 4) is 0 Å². The standard InChI is InChI=1S/C22H21F5N4O3/c1-11-7-31(8-13(11)16(32)6-12-4-14(23)18(25)15(24)5-12)20(34)19(33)29-21(9-22(26,27)10-21)17-2-3-28-30-17/h2,4-5,11,13H,3,6-10H2,1H3,(H,29,33)/t11-,13-/m1/s1. The number of likely N-dealkylation sites (tertiary alicyclic amines) is 1.